The highest BCUT2D eigenvalue weighted by atomic mass is 32.1. The predicted molar refractivity (Wildman–Crippen MR) is 64.5 cm³/mol. The lowest BCUT2D eigenvalue weighted by atomic mass is 10.3. The Morgan fingerprint density at radius 3 is 3.13 bits per heavy atom. The van der Waals surface area contributed by atoms with Crippen LogP contribution in [-0.4, -0.2) is 42.6 Å². The molecule has 0 aliphatic carbocycles. The Bertz CT molecular complexity index is 311. The van der Waals surface area contributed by atoms with Gasteiger partial charge in [-0.05, 0) is 33.4 Å². The van der Waals surface area contributed by atoms with E-state index in [0.717, 1.165) is 6.42 Å². The first-order valence-electron chi connectivity index (χ1n) is 5.58. The molecular weight excluding hydrogens is 206 g/mol. The van der Waals surface area contributed by atoms with Crippen LogP contribution in [0.5, 0.6) is 0 Å². The summed E-state index contributed by atoms with van der Waals surface area (Å²) in [5, 5.41) is 3.35. The summed E-state index contributed by atoms with van der Waals surface area (Å²) in [6.07, 6.45) is 2.45. The molecular formula is C11H19N3S. The predicted octanol–water partition coefficient (Wildman–Crippen LogP) is 1.29. The van der Waals surface area contributed by atoms with Crippen molar-refractivity contribution in [3.63, 3.8) is 0 Å². The molecule has 1 aliphatic rings. The number of hydrogen-bond acceptors (Lipinski definition) is 4. The van der Waals surface area contributed by atoms with Gasteiger partial charge in [-0.15, -0.1) is 11.3 Å². The van der Waals surface area contributed by atoms with Gasteiger partial charge in [0.15, 0.2) is 0 Å². The number of thiazole rings is 1. The zero-order valence-corrected chi connectivity index (χ0v) is 10.3. The quantitative estimate of drug-likeness (QED) is 0.837. The highest BCUT2D eigenvalue weighted by molar-refractivity contribution is 7.09. The van der Waals surface area contributed by atoms with Crippen molar-refractivity contribution in [2.75, 3.05) is 26.7 Å². The van der Waals surface area contributed by atoms with E-state index in [1.807, 2.05) is 5.51 Å². The van der Waals surface area contributed by atoms with Crippen LogP contribution in [0.3, 0.4) is 0 Å². The highest BCUT2D eigenvalue weighted by Crippen LogP contribution is 2.15. The minimum absolute atomic E-state index is 0.701. The summed E-state index contributed by atoms with van der Waals surface area (Å²) in [7, 11) is 2.06. The van der Waals surface area contributed by atoms with Gasteiger partial charge in [-0.1, -0.05) is 0 Å². The van der Waals surface area contributed by atoms with Crippen molar-refractivity contribution in [3.8, 4) is 0 Å². The third-order valence-electron chi connectivity index (χ3n) is 3.18. The number of rotatable bonds is 4. The molecule has 1 N–H and O–H groups in total. The molecule has 0 saturated carbocycles. The zero-order valence-electron chi connectivity index (χ0n) is 9.49. The fourth-order valence-corrected chi connectivity index (χ4v) is 2.87. The molecule has 0 amide bonds. The number of aryl methyl sites for hydroxylation is 1. The van der Waals surface area contributed by atoms with E-state index < -0.39 is 0 Å². The van der Waals surface area contributed by atoms with Crippen LogP contribution in [0.1, 0.15) is 17.0 Å². The van der Waals surface area contributed by atoms with Gasteiger partial charge in [-0.25, -0.2) is 4.98 Å². The molecule has 2 rings (SSSR count). The smallest absolute Gasteiger partial charge is 0.0797 e. The van der Waals surface area contributed by atoms with E-state index in [0.29, 0.717) is 6.04 Å². The molecule has 0 spiro atoms. The summed E-state index contributed by atoms with van der Waals surface area (Å²) in [5.74, 6) is 0. The van der Waals surface area contributed by atoms with E-state index in [1.54, 1.807) is 11.3 Å². The van der Waals surface area contributed by atoms with Gasteiger partial charge in [-0.3, -0.25) is 0 Å². The van der Waals surface area contributed by atoms with Crippen molar-refractivity contribution in [1.29, 1.82) is 0 Å². The molecule has 2 heterocycles. The monoisotopic (exact) mass is 225 g/mol. The third kappa shape index (κ3) is 2.77. The lowest BCUT2D eigenvalue weighted by Crippen LogP contribution is -2.30. The highest BCUT2D eigenvalue weighted by Gasteiger charge is 2.20. The van der Waals surface area contributed by atoms with Crippen molar-refractivity contribution in [1.82, 2.24) is 15.2 Å². The van der Waals surface area contributed by atoms with Gasteiger partial charge in [0.25, 0.3) is 0 Å². The maximum atomic E-state index is 4.28. The van der Waals surface area contributed by atoms with Gasteiger partial charge >= 0.3 is 0 Å². The van der Waals surface area contributed by atoms with Crippen LogP contribution in [-0.2, 0) is 6.42 Å². The van der Waals surface area contributed by atoms with Crippen LogP contribution >= 0.6 is 11.3 Å². The fourth-order valence-electron chi connectivity index (χ4n) is 2.10. The van der Waals surface area contributed by atoms with Gasteiger partial charge in [0.05, 0.1) is 11.2 Å². The fraction of sp³-hybridized carbons (Fsp3) is 0.727. The summed E-state index contributed by atoms with van der Waals surface area (Å²) in [4.78, 5) is 8.27. The molecule has 4 heteroatoms. The molecule has 1 fully saturated rings. The van der Waals surface area contributed by atoms with Crippen LogP contribution in [0, 0.1) is 6.92 Å². The Morgan fingerprint density at radius 2 is 2.53 bits per heavy atom. The summed E-state index contributed by atoms with van der Waals surface area (Å²) in [5.41, 5.74) is 3.16. The lowest BCUT2D eigenvalue weighted by Gasteiger charge is -2.15. The maximum absolute atomic E-state index is 4.28. The van der Waals surface area contributed by atoms with E-state index in [2.05, 4.69) is 29.2 Å². The maximum Gasteiger partial charge on any atom is 0.0797 e. The van der Waals surface area contributed by atoms with Gasteiger partial charge in [0, 0.05) is 24.0 Å². The Morgan fingerprint density at radius 1 is 1.67 bits per heavy atom. The normalized spacial score (nSPS) is 22.4. The number of nitrogens with zero attached hydrogens (tertiary/aromatic N) is 2. The first-order chi connectivity index (χ1) is 7.29. The van der Waals surface area contributed by atoms with Gasteiger partial charge in [0.2, 0.25) is 0 Å². The number of aromatic nitrogens is 1. The molecule has 0 radical (unpaired) electrons. The number of hydrogen-bond donors (Lipinski definition) is 1. The van der Waals surface area contributed by atoms with E-state index in [-0.39, 0.29) is 0 Å². The Balaban J connectivity index is 1.77. The van der Waals surface area contributed by atoms with Crippen molar-refractivity contribution in [3.05, 3.63) is 16.1 Å². The van der Waals surface area contributed by atoms with Gasteiger partial charge in [0.1, 0.15) is 0 Å². The Kier molecular flexibility index (Phi) is 3.72. The van der Waals surface area contributed by atoms with Crippen LogP contribution in [0.2, 0.25) is 0 Å². The zero-order chi connectivity index (χ0) is 10.7. The lowest BCUT2D eigenvalue weighted by molar-refractivity contribution is 0.335. The second-order valence-corrected chi connectivity index (χ2v) is 5.13. The average molecular weight is 225 g/mol. The van der Waals surface area contributed by atoms with Crippen molar-refractivity contribution in [2.45, 2.75) is 25.8 Å². The van der Waals surface area contributed by atoms with E-state index in [4.69, 9.17) is 0 Å². The van der Waals surface area contributed by atoms with E-state index >= 15 is 0 Å². The average Bonchev–Trinajstić information content (AvgIpc) is 2.84. The summed E-state index contributed by atoms with van der Waals surface area (Å²) < 4.78 is 0. The van der Waals surface area contributed by atoms with E-state index in [1.165, 1.54) is 36.6 Å². The molecule has 1 aromatic rings. The topological polar surface area (TPSA) is 28.2 Å². The van der Waals surface area contributed by atoms with Crippen molar-refractivity contribution >= 4 is 11.3 Å². The molecule has 1 unspecified atom stereocenters. The number of likely N-dealkylation sites (tertiary alicyclic amines) is 1. The summed E-state index contributed by atoms with van der Waals surface area (Å²) in [6, 6.07) is 0.701. The van der Waals surface area contributed by atoms with E-state index in [9.17, 15) is 0 Å². The van der Waals surface area contributed by atoms with Crippen LogP contribution in [0.15, 0.2) is 5.51 Å². The molecule has 84 valence electrons. The third-order valence-corrected chi connectivity index (χ3v) is 4.18. The first-order valence-corrected chi connectivity index (χ1v) is 6.46. The molecule has 15 heavy (non-hydrogen) atoms. The standard InChI is InChI=1S/C11H19N3S/c1-9-11(15-8-13-9)4-6-14-5-3-10(7-14)12-2/h8,10,12H,3-7H2,1-2H3. The number of likely N-dealkylation sites (N-methyl/N-ethyl adjacent to an activating group) is 1. The van der Waals surface area contributed by atoms with Crippen LogP contribution in [0.4, 0.5) is 0 Å². The molecule has 0 aromatic carbocycles. The Labute approximate surface area is 95.5 Å². The second kappa shape index (κ2) is 5.05. The summed E-state index contributed by atoms with van der Waals surface area (Å²) >= 11 is 1.79. The molecule has 0 bridgehead atoms. The van der Waals surface area contributed by atoms with Gasteiger partial charge < -0.3 is 10.2 Å². The molecule has 1 saturated heterocycles. The minimum Gasteiger partial charge on any atom is -0.316 e. The Hall–Kier alpha value is -0.450. The van der Waals surface area contributed by atoms with Crippen LogP contribution in [0.25, 0.3) is 0 Å². The van der Waals surface area contributed by atoms with Gasteiger partial charge in [-0.2, -0.15) is 0 Å². The SMILES string of the molecule is CNC1CCN(CCc2scnc2C)C1. The molecule has 1 atom stereocenters. The first kappa shape index (κ1) is 11.0. The molecule has 1 aliphatic heterocycles. The molecule has 1 aromatic heterocycles. The van der Waals surface area contributed by atoms with Crippen molar-refractivity contribution in [2.24, 2.45) is 0 Å². The number of nitrogens with one attached hydrogen (secondary N) is 1. The van der Waals surface area contributed by atoms with Crippen LogP contribution < -0.4 is 5.32 Å². The van der Waals surface area contributed by atoms with Crippen molar-refractivity contribution < 1.29 is 0 Å². The second-order valence-electron chi connectivity index (χ2n) is 4.19. The largest absolute Gasteiger partial charge is 0.316 e. The molecule has 3 nitrogen and oxygen atoms in total. The minimum atomic E-state index is 0.701. The summed E-state index contributed by atoms with van der Waals surface area (Å²) in [6.45, 7) is 5.73.